The van der Waals surface area contributed by atoms with Crippen LogP contribution < -0.4 is 21.5 Å². The summed E-state index contributed by atoms with van der Waals surface area (Å²) in [4.78, 5) is 59.8. The van der Waals surface area contributed by atoms with Gasteiger partial charge in [0, 0.05) is 17.5 Å². The van der Waals surface area contributed by atoms with Crippen LogP contribution in [0.1, 0.15) is 34.3 Å². The molecule has 0 spiro atoms. The lowest BCUT2D eigenvalue weighted by Crippen LogP contribution is -2.41. The fourth-order valence-corrected chi connectivity index (χ4v) is 3.33. The molecule has 3 rings (SSSR count). The Morgan fingerprint density at radius 2 is 1.82 bits per heavy atom. The van der Waals surface area contributed by atoms with Crippen molar-refractivity contribution in [1.29, 1.82) is 0 Å². The number of aromatic amines is 2. The summed E-state index contributed by atoms with van der Waals surface area (Å²) >= 11 is 0. The predicted octanol–water partition coefficient (Wildman–Crippen LogP) is 0.518. The van der Waals surface area contributed by atoms with E-state index in [0.29, 0.717) is 12.0 Å². The Kier molecular flexibility index (Phi) is 6.93. The molecule has 1 amide bonds. The van der Waals surface area contributed by atoms with Crippen LogP contribution in [0.3, 0.4) is 0 Å². The first kappa shape index (κ1) is 23.3. The molecule has 1 aromatic carbocycles. The third-order valence-electron chi connectivity index (χ3n) is 4.97. The summed E-state index contributed by atoms with van der Waals surface area (Å²) in [7, 11) is 0. The third-order valence-corrected chi connectivity index (χ3v) is 4.97. The number of H-pyrrole nitrogens is 2. The normalized spacial score (nSPS) is 11.8. The van der Waals surface area contributed by atoms with E-state index in [1.807, 2.05) is 0 Å². The molecule has 13 nitrogen and oxygen atoms in total. The molecule has 0 saturated heterocycles. The molecule has 0 radical (unpaired) electrons. The van der Waals surface area contributed by atoms with Crippen molar-refractivity contribution >= 4 is 34.8 Å². The van der Waals surface area contributed by atoms with Gasteiger partial charge in [-0.3, -0.25) is 19.4 Å². The molecule has 1 unspecified atom stereocenters. The Labute approximate surface area is 185 Å². The number of carboxylic acid groups (broad SMARTS) is 2. The van der Waals surface area contributed by atoms with Gasteiger partial charge in [-0.1, -0.05) is 12.1 Å². The van der Waals surface area contributed by atoms with Gasteiger partial charge >= 0.3 is 11.9 Å². The fourth-order valence-electron chi connectivity index (χ4n) is 3.33. The highest BCUT2D eigenvalue weighted by Gasteiger charge is 2.22. The van der Waals surface area contributed by atoms with E-state index in [0.717, 1.165) is 5.56 Å². The van der Waals surface area contributed by atoms with Gasteiger partial charge in [0.1, 0.15) is 11.7 Å². The largest absolute Gasteiger partial charge is 0.481 e. The maximum absolute atomic E-state index is 12.3. The van der Waals surface area contributed by atoms with Crippen LogP contribution in [0.2, 0.25) is 0 Å². The van der Waals surface area contributed by atoms with Gasteiger partial charge in [-0.05, 0) is 37.0 Å². The third kappa shape index (κ3) is 5.46. The first-order valence-electron chi connectivity index (χ1n) is 9.75. The average Bonchev–Trinajstić information content (AvgIpc) is 3.12. The van der Waals surface area contributed by atoms with E-state index in [-0.39, 0.29) is 41.3 Å². The summed E-state index contributed by atoms with van der Waals surface area (Å²) in [6.07, 6.45) is 0.0559. The van der Waals surface area contributed by atoms with Crippen molar-refractivity contribution in [3.05, 3.63) is 51.3 Å². The van der Waals surface area contributed by atoms with Crippen LogP contribution in [-0.2, 0) is 22.4 Å². The van der Waals surface area contributed by atoms with Crippen LogP contribution in [0.5, 0.6) is 5.88 Å². The standard InChI is InChI=1S/C20H21N5O8/c21-20-24-15-14(17(29)25-20)11(18(23-15)33-32)6-3-9-1-4-10(5-2-9)16(28)22-12(19(30)31)7-8-13(26)27/h1-2,4-5,12,32H,3,6-8H2,(H,22,28)(H,26,27)(H,30,31)(H4,21,23,24,25,29). The Balaban J connectivity index is 1.70. The van der Waals surface area contributed by atoms with Gasteiger partial charge in [-0.15, -0.1) is 0 Å². The number of carboxylic acids is 2. The number of carbonyl (C=O) groups is 3. The molecule has 0 aliphatic carbocycles. The number of anilines is 1. The van der Waals surface area contributed by atoms with Gasteiger partial charge in [-0.25, -0.2) is 10.1 Å². The van der Waals surface area contributed by atoms with Crippen LogP contribution in [0.15, 0.2) is 29.1 Å². The number of aryl methyl sites for hydroxylation is 2. The Morgan fingerprint density at radius 3 is 2.42 bits per heavy atom. The van der Waals surface area contributed by atoms with E-state index < -0.39 is 35.9 Å². The zero-order chi connectivity index (χ0) is 24.1. The molecule has 174 valence electrons. The quantitative estimate of drug-likeness (QED) is 0.164. The predicted molar refractivity (Wildman–Crippen MR) is 114 cm³/mol. The number of amides is 1. The Hall–Kier alpha value is -4.39. The lowest BCUT2D eigenvalue weighted by atomic mass is 10.0. The number of fused-ring (bicyclic) bond motifs is 1. The van der Waals surface area contributed by atoms with Crippen molar-refractivity contribution < 1.29 is 34.7 Å². The number of hydrogen-bond donors (Lipinski definition) is 7. The molecule has 8 N–H and O–H groups in total. The van der Waals surface area contributed by atoms with Crippen LogP contribution in [0, 0.1) is 0 Å². The number of nitrogens with zero attached hydrogens (tertiary/aromatic N) is 1. The van der Waals surface area contributed by atoms with Crippen molar-refractivity contribution in [3.63, 3.8) is 0 Å². The van der Waals surface area contributed by atoms with Gasteiger partial charge in [0.25, 0.3) is 11.5 Å². The van der Waals surface area contributed by atoms with Crippen LogP contribution in [0.4, 0.5) is 5.95 Å². The SMILES string of the molecule is Nc1nc2[nH]c(OO)c(CCc3ccc(C(=O)NC(CCC(=O)O)C(=O)O)cc3)c2c(=O)[nH]1. The molecule has 2 aromatic heterocycles. The number of benzene rings is 1. The summed E-state index contributed by atoms with van der Waals surface area (Å²) in [6, 6.07) is 4.96. The molecular formula is C20H21N5O8. The zero-order valence-electron chi connectivity index (χ0n) is 17.1. The number of carbonyl (C=O) groups excluding carboxylic acids is 1. The number of aromatic nitrogens is 3. The van der Waals surface area contributed by atoms with Gasteiger partial charge in [0.2, 0.25) is 11.8 Å². The highest BCUT2D eigenvalue weighted by molar-refractivity contribution is 5.96. The van der Waals surface area contributed by atoms with Crippen molar-refractivity contribution in [1.82, 2.24) is 20.3 Å². The van der Waals surface area contributed by atoms with E-state index in [9.17, 15) is 19.2 Å². The second-order valence-electron chi connectivity index (χ2n) is 7.19. The molecule has 3 aromatic rings. The van der Waals surface area contributed by atoms with E-state index in [1.54, 1.807) is 12.1 Å². The summed E-state index contributed by atoms with van der Waals surface area (Å²) in [5.74, 6) is -3.27. The number of rotatable bonds is 10. The molecule has 33 heavy (non-hydrogen) atoms. The van der Waals surface area contributed by atoms with Crippen molar-refractivity contribution in [2.75, 3.05) is 5.73 Å². The lowest BCUT2D eigenvalue weighted by Gasteiger charge is -2.13. The second kappa shape index (κ2) is 9.82. The van der Waals surface area contributed by atoms with Crippen LogP contribution in [-0.4, -0.2) is 54.3 Å². The minimum Gasteiger partial charge on any atom is -0.481 e. The summed E-state index contributed by atoms with van der Waals surface area (Å²) < 4.78 is 0. The Bertz CT molecular complexity index is 1250. The number of hydrogen-bond acceptors (Lipinski definition) is 8. The van der Waals surface area contributed by atoms with Crippen molar-refractivity contribution in [2.45, 2.75) is 31.7 Å². The average molecular weight is 459 g/mol. The number of nitrogens with one attached hydrogen (secondary N) is 3. The maximum Gasteiger partial charge on any atom is 0.326 e. The molecular weight excluding hydrogens is 438 g/mol. The number of aliphatic carboxylic acids is 2. The van der Waals surface area contributed by atoms with Gasteiger partial charge in [0.05, 0.1) is 5.39 Å². The molecule has 1 atom stereocenters. The van der Waals surface area contributed by atoms with Gasteiger partial charge in [0.15, 0.2) is 0 Å². The zero-order valence-corrected chi connectivity index (χ0v) is 17.1. The maximum atomic E-state index is 12.3. The van der Waals surface area contributed by atoms with E-state index >= 15 is 0 Å². The summed E-state index contributed by atoms with van der Waals surface area (Å²) in [5.41, 5.74) is 6.57. The Morgan fingerprint density at radius 1 is 1.12 bits per heavy atom. The monoisotopic (exact) mass is 459 g/mol. The molecule has 0 aliphatic rings. The lowest BCUT2D eigenvalue weighted by molar-refractivity contribution is -0.141. The summed E-state index contributed by atoms with van der Waals surface area (Å²) in [6.45, 7) is 0. The minimum absolute atomic E-state index is 0.0364. The summed E-state index contributed by atoms with van der Waals surface area (Å²) in [5, 5.41) is 29.5. The van der Waals surface area contributed by atoms with E-state index in [1.165, 1.54) is 12.1 Å². The van der Waals surface area contributed by atoms with Gasteiger partial charge in [-0.2, -0.15) is 4.98 Å². The molecule has 2 heterocycles. The topological polar surface area (TPSA) is 221 Å². The highest BCUT2D eigenvalue weighted by Crippen LogP contribution is 2.26. The van der Waals surface area contributed by atoms with E-state index in [2.05, 4.69) is 25.2 Å². The highest BCUT2D eigenvalue weighted by atomic mass is 17.1. The van der Waals surface area contributed by atoms with Crippen molar-refractivity contribution in [3.8, 4) is 5.88 Å². The number of nitrogens with two attached hydrogens (primary N) is 1. The fraction of sp³-hybridized carbons (Fsp3) is 0.250. The molecule has 0 bridgehead atoms. The first-order valence-corrected chi connectivity index (χ1v) is 9.75. The molecule has 13 heteroatoms. The first-order chi connectivity index (χ1) is 15.7. The second-order valence-corrected chi connectivity index (χ2v) is 7.19. The smallest absolute Gasteiger partial charge is 0.326 e. The van der Waals surface area contributed by atoms with E-state index in [4.69, 9.17) is 21.2 Å². The van der Waals surface area contributed by atoms with Crippen LogP contribution in [0.25, 0.3) is 11.0 Å². The van der Waals surface area contributed by atoms with Gasteiger partial charge < -0.3 is 31.1 Å². The van der Waals surface area contributed by atoms with Crippen molar-refractivity contribution in [2.24, 2.45) is 0 Å². The molecule has 0 aliphatic heterocycles. The molecule has 0 saturated carbocycles. The van der Waals surface area contributed by atoms with Crippen LogP contribution >= 0.6 is 0 Å². The minimum atomic E-state index is -1.33. The number of nitrogen functional groups attached to an aromatic ring is 1. The molecule has 0 fully saturated rings.